The van der Waals surface area contributed by atoms with Crippen LogP contribution in [-0.4, -0.2) is 31.1 Å². The second kappa shape index (κ2) is 10.8. The molecule has 0 aliphatic rings. The van der Waals surface area contributed by atoms with E-state index in [4.69, 9.17) is 4.74 Å². The minimum Gasteiger partial charge on any atom is -0.497 e. The lowest BCUT2D eigenvalue weighted by Gasteiger charge is -2.27. The van der Waals surface area contributed by atoms with Crippen LogP contribution in [0.1, 0.15) is 41.9 Å². The van der Waals surface area contributed by atoms with E-state index in [0.29, 0.717) is 6.54 Å². The number of guanidine groups is 1. The van der Waals surface area contributed by atoms with E-state index in [1.165, 1.54) is 10.4 Å². The van der Waals surface area contributed by atoms with Gasteiger partial charge in [0.15, 0.2) is 5.96 Å². The van der Waals surface area contributed by atoms with Gasteiger partial charge in [0.2, 0.25) is 0 Å². The Balaban J connectivity index is 0.00000364. The summed E-state index contributed by atoms with van der Waals surface area (Å²) >= 11 is 1.71. The van der Waals surface area contributed by atoms with Crippen LogP contribution in [0.15, 0.2) is 29.3 Å². The highest BCUT2D eigenvalue weighted by atomic mass is 127. The van der Waals surface area contributed by atoms with Gasteiger partial charge in [-0.25, -0.2) is 9.98 Å². The number of aryl methyl sites for hydroxylation is 2. The second-order valence-corrected chi connectivity index (χ2v) is 8.20. The summed E-state index contributed by atoms with van der Waals surface area (Å²) in [5, 5.41) is 7.82. The molecular formula is C20H31IN4OS. The molecule has 150 valence electrons. The van der Waals surface area contributed by atoms with E-state index >= 15 is 0 Å². The molecule has 0 amide bonds. The van der Waals surface area contributed by atoms with Crippen molar-refractivity contribution < 1.29 is 4.74 Å². The average molecular weight is 502 g/mol. The zero-order chi connectivity index (χ0) is 19.2. The number of nitrogens with one attached hydrogen (secondary N) is 2. The zero-order valence-corrected chi connectivity index (χ0v) is 20.2. The average Bonchev–Trinajstić information content (AvgIpc) is 2.95. The summed E-state index contributed by atoms with van der Waals surface area (Å²) in [5.74, 6) is 1.69. The highest BCUT2D eigenvalue weighted by molar-refractivity contribution is 14.0. The standard InChI is InChI=1S/C20H30N4OS.HI/c1-7-21-19(22-12-18-24-14(2)15(3)26-18)23-13-20(4,5)16-9-8-10-17(11-16)25-6;/h8-11H,7,12-13H2,1-6H3,(H2,21,22,23);1H. The van der Waals surface area contributed by atoms with E-state index in [1.807, 2.05) is 19.1 Å². The van der Waals surface area contributed by atoms with Crippen molar-refractivity contribution in [2.75, 3.05) is 20.2 Å². The van der Waals surface area contributed by atoms with Gasteiger partial charge in [-0.15, -0.1) is 35.3 Å². The molecule has 0 spiro atoms. The zero-order valence-electron chi connectivity index (χ0n) is 17.0. The molecule has 2 aromatic rings. The third-order valence-electron chi connectivity index (χ3n) is 4.34. The smallest absolute Gasteiger partial charge is 0.191 e. The van der Waals surface area contributed by atoms with Crippen LogP contribution in [-0.2, 0) is 12.0 Å². The molecule has 27 heavy (non-hydrogen) atoms. The first-order valence-corrected chi connectivity index (χ1v) is 9.77. The Morgan fingerprint density at radius 3 is 2.59 bits per heavy atom. The van der Waals surface area contributed by atoms with Gasteiger partial charge in [0, 0.05) is 23.4 Å². The quantitative estimate of drug-likeness (QED) is 0.335. The van der Waals surface area contributed by atoms with Crippen LogP contribution in [0.4, 0.5) is 0 Å². The van der Waals surface area contributed by atoms with Crippen LogP contribution >= 0.6 is 35.3 Å². The summed E-state index contributed by atoms with van der Waals surface area (Å²) < 4.78 is 5.35. The summed E-state index contributed by atoms with van der Waals surface area (Å²) in [6, 6.07) is 8.22. The van der Waals surface area contributed by atoms with Crippen molar-refractivity contribution in [1.29, 1.82) is 0 Å². The van der Waals surface area contributed by atoms with E-state index in [9.17, 15) is 0 Å². The summed E-state index contributed by atoms with van der Waals surface area (Å²) in [7, 11) is 1.70. The van der Waals surface area contributed by atoms with Gasteiger partial charge in [0.1, 0.15) is 10.8 Å². The molecule has 0 aliphatic heterocycles. The number of ether oxygens (including phenoxy) is 1. The number of aromatic nitrogens is 1. The van der Waals surface area contributed by atoms with E-state index in [1.54, 1.807) is 18.4 Å². The molecule has 0 radical (unpaired) electrons. The molecule has 2 rings (SSSR count). The van der Waals surface area contributed by atoms with Crippen molar-refractivity contribution >= 4 is 41.3 Å². The van der Waals surface area contributed by atoms with Gasteiger partial charge in [0.05, 0.1) is 19.3 Å². The van der Waals surface area contributed by atoms with E-state index in [0.717, 1.165) is 35.5 Å². The van der Waals surface area contributed by atoms with Crippen molar-refractivity contribution in [3.05, 3.63) is 45.4 Å². The van der Waals surface area contributed by atoms with Crippen LogP contribution in [0.25, 0.3) is 0 Å². The van der Waals surface area contributed by atoms with Crippen LogP contribution in [0.3, 0.4) is 0 Å². The third-order valence-corrected chi connectivity index (χ3v) is 5.40. The van der Waals surface area contributed by atoms with Gasteiger partial charge >= 0.3 is 0 Å². The molecule has 1 aromatic carbocycles. The first-order chi connectivity index (χ1) is 12.4. The van der Waals surface area contributed by atoms with E-state index in [2.05, 4.69) is 60.4 Å². The maximum Gasteiger partial charge on any atom is 0.191 e. The van der Waals surface area contributed by atoms with Gasteiger partial charge in [-0.05, 0) is 38.5 Å². The van der Waals surface area contributed by atoms with Crippen LogP contribution in [0.5, 0.6) is 5.75 Å². The highest BCUT2D eigenvalue weighted by Gasteiger charge is 2.21. The van der Waals surface area contributed by atoms with Crippen molar-refractivity contribution in [2.45, 2.75) is 46.6 Å². The van der Waals surface area contributed by atoms with Gasteiger partial charge in [-0.1, -0.05) is 26.0 Å². The number of halogens is 1. The van der Waals surface area contributed by atoms with Crippen molar-refractivity contribution in [3.8, 4) is 5.75 Å². The van der Waals surface area contributed by atoms with Crippen molar-refractivity contribution in [3.63, 3.8) is 0 Å². The first kappa shape index (κ1) is 23.7. The number of hydrogen-bond acceptors (Lipinski definition) is 4. The molecule has 0 unspecified atom stereocenters. The van der Waals surface area contributed by atoms with Gasteiger partial charge in [-0.3, -0.25) is 0 Å². The molecule has 0 fully saturated rings. The lowest BCUT2D eigenvalue weighted by atomic mass is 9.84. The summed E-state index contributed by atoms with van der Waals surface area (Å²) in [6.07, 6.45) is 0. The van der Waals surface area contributed by atoms with E-state index < -0.39 is 0 Å². The fraction of sp³-hybridized carbons (Fsp3) is 0.500. The molecule has 2 N–H and O–H groups in total. The summed E-state index contributed by atoms with van der Waals surface area (Å²) in [4.78, 5) is 10.5. The first-order valence-electron chi connectivity index (χ1n) is 8.95. The Kier molecular flexibility index (Phi) is 9.52. The number of aliphatic imine (C=N–C) groups is 1. The Morgan fingerprint density at radius 2 is 2.00 bits per heavy atom. The predicted octanol–water partition coefficient (Wildman–Crippen LogP) is 4.42. The Bertz CT molecular complexity index is 739. The highest BCUT2D eigenvalue weighted by Crippen LogP contribution is 2.25. The third kappa shape index (κ3) is 6.95. The number of rotatable bonds is 7. The fourth-order valence-corrected chi connectivity index (χ4v) is 3.40. The summed E-state index contributed by atoms with van der Waals surface area (Å²) in [5.41, 5.74) is 2.27. The van der Waals surface area contributed by atoms with Gasteiger partial charge in [0.25, 0.3) is 0 Å². The van der Waals surface area contributed by atoms with Crippen LogP contribution < -0.4 is 15.4 Å². The Hall–Kier alpha value is -1.35. The SMILES string of the molecule is CCNC(=NCc1nc(C)c(C)s1)NCC(C)(C)c1cccc(OC)c1.I. The molecule has 0 bridgehead atoms. The Morgan fingerprint density at radius 1 is 1.26 bits per heavy atom. The number of thiazole rings is 1. The predicted molar refractivity (Wildman–Crippen MR) is 126 cm³/mol. The maximum absolute atomic E-state index is 5.35. The molecule has 5 nitrogen and oxygen atoms in total. The summed E-state index contributed by atoms with van der Waals surface area (Å²) in [6.45, 7) is 12.8. The molecule has 7 heteroatoms. The van der Waals surface area contributed by atoms with Crippen LogP contribution in [0.2, 0.25) is 0 Å². The minimum atomic E-state index is -0.0565. The lowest BCUT2D eigenvalue weighted by Crippen LogP contribution is -2.43. The number of benzene rings is 1. The normalized spacial score (nSPS) is 11.7. The molecule has 0 saturated heterocycles. The maximum atomic E-state index is 5.35. The number of hydrogen-bond donors (Lipinski definition) is 2. The fourth-order valence-electron chi connectivity index (χ4n) is 2.55. The molecule has 1 heterocycles. The molecular weight excluding hydrogens is 471 g/mol. The molecule has 0 saturated carbocycles. The molecule has 0 aliphatic carbocycles. The second-order valence-electron chi connectivity index (χ2n) is 6.91. The number of methoxy groups -OCH3 is 1. The van der Waals surface area contributed by atoms with Crippen molar-refractivity contribution in [2.24, 2.45) is 4.99 Å². The van der Waals surface area contributed by atoms with E-state index in [-0.39, 0.29) is 29.4 Å². The lowest BCUT2D eigenvalue weighted by molar-refractivity contribution is 0.411. The van der Waals surface area contributed by atoms with Gasteiger partial charge in [-0.2, -0.15) is 0 Å². The van der Waals surface area contributed by atoms with Gasteiger partial charge < -0.3 is 15.4 Å². The topological polar surface area (TPSA) is 58.5 Å². The van der Waals surface area contributed by atoms with Crippen molar-refractivity contribution in [1.82, 2.24) is 15.6 Å². The minimum absolute atomic E-state index is 0. The Labute approximate surface area is 184 Å². The molecule has 1 aromatic heterocycles. The van der Waals surface area contributed by atoms with Crippen LogP contribution in [0, 0.1) is 13.8 Å². The monoisotopic (exact) mass is 502 g/mol. The number of nitrogens with zero attached hydrogens (tertiary/aromatic N) is 2. The largest absolute Gasteiger partial charge is 0.497 e. The molecule has 0 atom stereocenters.